The molecule has 1 aliphatic rings. The van der Waals surface area contributed by atoms with Crippen LogP contribution in [0.5, 0.6) is 11.5 Å². The Kier molecular flexibility index (Phi) is 3.50. The first-order valence-electron chi connectivity index (χ1n) is 6.89. The van der Waals surface area contributed by atoms with Crippen LogP contribution in [0.1, 0.15) is 23.6 Å². The summed E-state index contributed by atoms with van der Waals surface area (Å²) in [5.74, 6) is 1.61. The van der Waals surface area contributed by atoms with Gasteiger partial charge in [0.2, 0.25) is 0 Å². The highest BCUT2D eigenvalue weighted by Crippen LogP contribution is 2.40. The van der Waals surface area contributed by atoms with E-state index in [1.165, 1.54) is 11.3 Å². The van der Waals surface area contributed by atoms with Gasteiger partial charge in [-0.05, 0) is 30.5 Å². The SMILES string of the molecule is COc1cccc(C2CCc3ccccc3N2)c1OC. The first-order chi connectivity index (χ1) is 9.83. The van der Waals surface area contributed by atoms with Crippen LogP contribution in [-0.2, 0) is 6.42 Å². The first-order valence-corrected chi connectivity index (χ1v) is 6.89. The van der Waals surface area contributed by atoms with Gasteiger partial charge in [0, 0.05) is 11.3 Å². The zero-order valence-corrected chi connectivity index (χ0v) is 11.8. The number of hydrogen-bond donors (Lipinski definition) is 1. The normalized spacial score (nSPS) is 17.0. The number of benzene rings is 2. The van der Waals surface area contributed by atoms with Gasteiger partial charge in [-0.1, -0.05) is 30.3 Å². The van der Waals surface area contributed by atoms with Gasteiger partial charge in [0.1, 0.15) is 0 Å². The van der Waals surface area contributed by atoms with Crippen molar-refractivity contribution in [3.63, 3.8) is 0 Å². The van der Waals surface area contributed by atoms with Crippen molar-refractivity contribution in [1.29, 1.82) is 0 Å². The van der Waals surface area contributed by atoms with Crippen molar-refractivity contribution in [1.82, 2.24) is 0 Å². The molecular weight excluding hydrogens is 250 g/mol. The third-order valence-electron chi connectivity index (χ3n) is 3.86. The Bertz CT molecular complexity index is 610. The van der Waals surface area contributed by atoms with Gasteiger partial charge in [-0.25, -0.2) is 0 Å². The molecule has 1 unspecified atom stereocenters. The molecule has 1 atom stereocenters. The summed E-state index contributed by atoms with van der Waals surface area (Å²) in [6.07, 6.45) is 2.13. The summed E-state index contributed by atoms with van der Waals surface area (Å²) in [7, 11) is 3.36. The number of fused-ring (bicyclic) bond motifs is 1. The first kappa shape index (κ1) is 12.9. The molecular formula is C17H19NO2. The number of rotatable bonds is 3. The number of hydrogen-bond acceptors (Lipinski definition) is 3. The number of anilines is 1. The second kappa shape index (κ2) is 5.45. The molecule has 0 amide bonds. The molecule has 0 aromatic heterocycles. The molecule has 0 spiro atoms. The lowest BCUT2D eigenvalue weighted by Crippen LogP contribution is -2.18. The lowest BCUT2D eigenvalue weighted by molar-refractivity contribution is 0.349. The highest BCUT2D eigenvalue weighted by molar-refractivity contribution is 5.57. The highest BCUT2D eigenvalue weighted by atomic mass is 16.5. The van der Waals surface area contributed by atoms with Crippen LogP contribution < -0.4 is 14.8 Å². The van der Waals surface area contributed by atoms with Gasteiger partial charge >= 0.3 is 0 Å². The molecule has 2 aromatic rings. The average molecular weight is 269 g/mol. The van der Waals surface area contributed by atoms with Crippen LogP contribution in [0.3, 0.4) is 0 Å². The van der Waals surface area contributed by atoms with Crippen LogP contribution in [0.25, 0.3) is 0 Å². The Morgan fingerprint density at radius 2 is 1.85 bits per heavy atom. The smallest absolute Gasteiger partial charge is 0.165 e. The molecule has 0 bridgehead atoms. The molecule has 3 rings (SSSR count). The third kappa shape index (κ3) is 2.20. The molecule has 20 heavy (non-hydrogen) atoms. The summed E-state index contributed by atoms with van der Waals surface area (Å²) in [6, 6.07) is 14.8. The average Bonchev–Trinajstić information content (AvgIpc) is 2.53. The second-order valence-corrected chi connectivity index (χ2v) is 4.98. The van der Waals surface area contributed by atoms with Crippen molar-refractivity contribution in [3.05, 3.63) is 53.6 Å². The summed E-state index contributed by atoms with van der Waals surface area (Å²) in [5.41, 5.74) is 3.75. The predicted molar refractivity (Wildman–Crippen MR) is 80.7 cm³/mol. The number of nitrogens with one attached hydrogen (secondary N) is 1. The van der Waals surface area contributed by atoms with Gasteiger partial charge in [0.15, 0.2) is 11.5 Å². The van der Waals surface area contributed by atoms with E-state index in [2.05, 4.69) is 35.6 Å². The standard InChI is InChI=1S/C17H19NO2/c1-19-16-9-5-7-13(17(16)20-2)15-11-10-12-6-3-4-8-14(12)18-15/h3-9,15,18H,10-11H2,1-2H3. The van der Waals surface area contributed by atoms with E-state index in [1.807, 2.05) is 12.1 Å². The van der Waals surface area contributed by atoms with E-state index < -0.39 is 0 Å². The predicted octanol–water partition coefficient (Wildman–Crippen LogP) is 3.80. The van der Waals surface area contributed by atoms with Crippen molar-refractivity contribution in [2.45, 2.75) is 18.9 Å². The molecule has 1 aliphatic heterocycles. The quantitative estimate of drug-likeness (QED) is 0.919. The van der Waals surface area contributed by atoms with Gasteiger partial charge in [-0.2, -0.15) is 0 Å². The van der Waals surface area contributed by atoms with E-state index in [9.17, 15) is 0 Å². The van der Waals surface area contributed by atoms with E-state index >= 15 is 0 Å². The minimum Gasteiger partial charge on any atom is -0.493 e. The molecule has 1 N–H and O–H groups in total. The fraction of sp³-hybridized carbons (Fsp3) is 0.294. The molecule has 0 radical (unpaired) electrons. The van der Waals surface area contributed by atoms with Crippen LogP contribution in [-0.4, -0.2) is 14.2 Å². The largest absolute Gasteiger partial charge is 0.493 e. The number of para-hydroxylation sites is 2. The van der Waals surface area contributed by atoms with Crippen molar-refractivity contribution in [3.8, 4) is 11.5 Å². The molecule has 2 aromatic carbocycles. The molecule has 3 nitrogen and oxygen atoms in total. The maximum Gasteiger partial charge on any atom is 0.165 e. The van der Waals surface area contributed by atoms with Crippen molar-refractivity contribution >= 4 is 5.69 Å². The summed E-state index contributed by atoms with van der Waals surface area (Å²) in [4.78, 5) is 0. The Morgan fingerprint density at radius 1 is 1.00 bits per heavy atom. The molecule has 0 saturated carbocycles. The van der Waals surface area contributed by atoms with Gasteiger partial charge in [-0.15, -0.1) is 0 Å². The van der Waals surface area contributed by atoms with E-state index in [0.29, 0.717) is 0 Å². The molecule has 3 heteroatoms. The lowest BCUT2D eigenvalue weighted by atomic mass is 9.93. The van der Waals surface area contributed by atoms with Crippen LogP contribution in [0.2, 0.25) is 0 Å². The highest BCUT2D eigenvalue weighted by Gasteiger charge is 2.23. The van der Waals surface area contributed by atoms with Gasteiger partial charge in [0.05, 0.1) is 20.3 Å². The molecule has 0 aliphatic carbocycles. The van der Waals surface area contributed by atoms with Crippen LogP contribution >= 0.6 is 0 Å². The lowest BCUT2D eigenvalue weighted by Gasteiger charge is -2.28. The summed E-state index contributed by atoms with van der Waals surface area (Å²) >= 11 is 0. The zero-order valence-electron chi connectivity index (χ0n) is 11.8. The van der Waals surface area contributed by atoms with E-state index in [1.54, 1.807) is 14.2 Å². The maximum atomic E-state index is 5.54. The van der Waals surface area contributed by atoms with Gasteiger partial charge in [0.25, 0.3) is 0 Å². The van der Waals surface area contributed by atoms with E-state index in [0.717, 1.165) is 29.9 Å². The minimum absolute atomic E-state index is 0.259. The van der Waals surface area contributed by atoms with Crippen LogP contribution in [0, 0.1) is 0 Å². The third-order valence-corrected chi connectivity index (χ3v) is 3.86. The monoisotopic (exact) mass is 269 g/mol. The van der Waals surface area contributed by atoms with E-state index in [4.69, 9.17) is 9.47 Å². The minimum atomic E-state index is 0.259. The summed E-state index contributed by atoms with van der Waals surface area (Å²) in [6.45, 7) is 0. The number of aryl methyl sites for hydroxylation is 1. The molecule has 0 saturated heterocycles. The van der Waals surface area contributed by atoms with Crippen molar-refractivity contribution < 1.29 is 9.47 Å². The Morgan fingerprint density at radius 3 is 2.65 bits per heavy atom. The van der Waals surface area contributed by atoms with Crippen molar-refractivity contribution in [2.24, 2.45) is 0 Å². The number of methoxy groups -OCH3 is 2. The molecule has 104 valence electrons. The van der Waals surface area contributed by atoms with Crippen LogP contribution in [0.4, 0.5) is 5.69 Å². The van der Waals surface area contributed by atoms with Gasteiger partial charge < -0.3 is 14.8 Å². The number of ether oxygens (including phenoxy) is 2. The maximum absolute atomic E-state index is 5.54. The van der Waals surface area contributed by atoms with Crippen LogP contribution in [0.15, 0.2) is 42.5 Å². The topological polar surface area (TPSA) is 30.5 Å². The fourth-order valence-corrected chi connectivity index (χ4v) is 2.86. The van der Waals surface area contributed by atoms with Gasteiger partial charge in [-0.3, -0.25) is 0 Å². The Hall–Kier alpha value is -2.16. The Labute approximate surface area is 119 Å². The Balaban J connectivity index is 1.95. The van der Waals surface area contributed by atoms with E-state index in [-0.39, 0.29) is 6.04 Å². The fourth-order valence-electron chi connectivity index (χ4n) is 2.86. The second-order valence-electron chi connectivity index (χ2n) is 4.98. The molecule has 0 fully saturated rings. The van der Waals surface area contributed by atoms with Crippen molar-refractivity contribution in [2.75, 3.05) is 19.5 Å². The summed E-state index contributed by atoms with van der Waals surface area (Å²) < 4.78 is 10.9. The summed E-state index contributed by atoms with van der Waals surface area (Å²) in [5, 5.41) is 3.60. The zero-order chi connectivity index (χ0) is 13.9. The molecule has 1 heterocycles.